The zero-order valence-corrected chi connectivity index (χ0v) is 21.8. The molecule has 39 heavy (non-hydrogen) atoms. The Morgan fingerprint density at radius 2 is 1.82 bits per heavy atom. The van der Waals surface area contributed by atoms with Crippen molar-refractivity contribution in [1.29, 1.82) is 0 Å². The highest BCUT2D eigenvalue weighted by Gasteiger charge is 2.38. The monoisotopic (exact) mass is 557 g/mol. The van der Waals surface area contributed by atoms with Crippen molar-refractivity contribution in [2.75, 3.05) is 5.32 Å². The van der Waals surface area contributed by atoms with Gasteiger partial charge in [-0.2, -0.15) is 13.2 Å². The molecule has 2 heterocycles. The van der Waals surface area contributed by atoms with E-state index in [1.807, 2.05) is 18.2 Å². The Balaban J connectivity index is 1.29. The van der Waals surface area contributed by atoms with Crippen LogP contribution in [-0.4, -0.2) is 27.7 Å². The van der Waals surface area contributed by atoms with Crippen LogP contribution in [0.15, 0.2) is 60.8 Å². The topological polar surface area (TPSA) is 71.5 Å². The van der Waals surface area contributed by atoms with Crippen LogP contribution in [-0.2, 0) is 17.5 Å². The number of alkyl halides is 3. The van der Waals surface area contributed by atoms with Crippen LogP contribution in [0.2, 0.25) is 5.02 Å². The van der Waals surface area contributed by atoms with Crippen LogP contribution in [0.3, 0.4) is 0 Å². The van der Waals surface area contributed by atoms with Crippen molar-refractivity contribution in [2.45, 2.75) is 57.3 Å². The Morgan fingerprint density at radius 3 is 2.49 bits per heavy atom. The van der Waals surface area contributed by atoms with Gasteiger partial charge in [-0.3, -0.25) is 9.59 Å². The third kappa shape index (κ3) is 6.19. The van der Waals surface area contributed by atoms with Crippen LogP contribution in [0.1, 0.15) is 60.0 Å². The number of aromatic nitrogens is 1. The second kappa shape index (κ2) is 11.3. The van der Waals surface area contributed by atoms with E-state index in [1.54, 1.807) is 35.2 Å². The largest absolute Gasteiger partial charge is 0.438 e. The van der Waals surface area contributed by atoms with Gasteiger partial charge in [-0.25, -0.2) is 4.98 Å². The molecular weight excluding hydrogens is 531 g/mol. The predicted octanol–water partition coefficient (Wildman–Crippen LogP) is 7.48. The normalized spacial score (nSPS) is 16.6. The van der Waals surface area contributed by atoms with Crippen molar-refractivity contribution >= 4 is 29.1 Å². The number of benzene rings is 2. The Hall–Kier alpha value is -3.59. The minimum Gasteiger partial charge on any atom is -0.438 e. The third-order valence-electron chi connectivity index (χ3n) is 7.28. The number of pyridine rings is 1. The van der Waals surface area contributed by atoms with Crippen LogP contribution in [0, 0.1) is 5.92 Å². The Morgan fingerprint density at radius 1 is 1.10 bits per heavy atom. The van der Waals surface area contributed by atoms with Crippen molar-refractivity contribution in [2.24, 2.45) is 5.92 Å². The van der Waals surface area contributed by atoms with Gasteiger partial charge in [0.2, 0.25) is 11.8 Å². The zero-order chi connectivity index (χ0) is 27.6. The summed E-state index contributed by atoms with van der Waals surface area (Å²) in [7, 11) is 0. The first-order chi connectivity index (χ1) is 18.7. The summed E-state index contributed by atoms with van der Waals surface area (Å²) in [4.78, 5) is 32.1. The van der Waals surface area contributed by atoms with Gasteiger partial charge in [0.1, 0.15) is 16.8 Å². The molecule has 1 fully saturated rings. The molecule has 1 aliphatic carbocycles. The molecule has 204 valence electrons. The number of fused-ring (bicyclic) bond motifs is 1. The highest BCUT2D eigenvalue weighted by Crippen LogP contribution is 2.35. The van der Waals surface area contributed by atoms with Crippen molar-refractivity contribution in [3.8, 4) is 11.6 Å². The van der Waals surface area contributed by atoms with Crippen molar-refractivity contribution < 1.29 is 27.5 Å². The van der Waals surface area contributed by atoms with E-state index in [1.165, 1.54) is 6.42 Å². The Labute approximate surface area is 229 Å². The second-order valence-electron chi connectivity index (χ2n) is 9.97. The maximum Gasteiger partial charge on any atom is 0.417 e. The number of hydrogen-bond acceptors (Lipinski definition) is 4. The number of nitrogens with one attached hydrogen (secondary N) is 1. The van der Waals surface area contributed by atoms with Crippen molar-refractivity contribution in [1.82, 2.24) is 9.88 Å². The van der Waals surface area contributed by atoms with Crippen LogP contribution in [0.4, 0.5) is 18.9 Å². The van der Waals surface area contributed by atoms with Crippen molar-refractivity contribution in [3.63, 3.8) is 0 Å². The summed E-state index contributed by atoms with van der Waals surface area (Å²) in [6.07, 6.45) is 2.25. The summed E-state index contributed by atoms with van der Waals surface area (Å²) >= 11 is 5.93. The van der Waals surface area contributed by atoms with Crippen LogP contribution >= 0.6 is 11.6 Å². The molecule has 6 nitrogen and oxygen atoms in total. The molecule has 1 N–H and O–H groups in total. The lowest BCUT2D eigenvalue weighted by Crippen LogP contribution is -2.45. The first kappa shape index (κ1) is 27.0. The highest BCUT2D eigenvalue weighted by atomic mass is 35.5. The number of nitrogens with zero attached hydrogens (tertiary/aromatic N) is 2. The van der Waals surface area contributed by atoms with Crippen LogP contribution in [0.25, 0.3) is 0 Å². The van der Waals surface area contributed by atoms with Gasteiger partial charge < -0.3 is 15.0 Å². The number of hydrogen-bond donors (Lipinski definition) is 1. The van der Waals surface area contributed by atoms with Gasteiger partial charge in [-0.1, -0.05) is 61.9 Å². The van der Waals surface area contributed by atoms with Gasteiger partial charge in [-0.15, -0.1) is 0 Å². The highest BCUT2D eigenvalue weighted by molar-refractivity contribution is 6.31. The van der Waals surface area contributed by atoms with Gasteiger partial charge in [-0.05, 0) is 54.3 Å². The molecule has 0 saturated heterocycles. The summed E-state index contributed by atoms with van der Waals surface area (Å²) in [6, 6.07) is 13.9. The molecule has 5 rings (SSSR count). The molecule has 3 aromatic rings. The third-order valence-corrected chi connectivity index (χ3v) is 7.55. The Bertz CT molecular complexity index is 1360. The number of rotatable bonds is 7. The number of halogens is 4. The van der Waals surface area contributed by atoms with Gasteiger partial charge in [0.15, 0.2) is 0 Å². The zero-order valence-electron chi connectivity index (χ0n) is 21.0. The first-order valence-corrected chi connectivity index (χ1v) is 13.3. The first-order valence-electron chi connectivity index (χ1n) is 12.9. The fourth-order valence-corrected chi connectivity index (χ4v) is 5.45. The summed E-state index contributed by atoms with van der Waals surface area (Å²) in [5.74, 6) is 0.101. The standard InChI is InChI=1S/C29H27ClF3N3O3/c30-24-15-20(29(31,32)33)16-34-27(24)39-22-12-10-21(11-13-22)35-26(37)25(14-18-6-2-1-3-7-18)36-17-19-8-4-5-9-23(19)28(36)38/h4-5,8-13,15-16,18,25H,1-3,6-7,14,17H2,(H,35,37)/t25-/m0/s1. The summed E-state index contributed by atoms with van der Waals surface area (Å²) in [5.41, 5.74) is 1.08. The fraction of sp³-hybridized carbons (Fsp3) is 0.345. The molecule has 1 aliphatic heterocycles. The van der Waals surface area contributed by atoms with E-state index in [2.05, 4.69) is 10.3 Å². The Kier molecular flexibility index (Phi) is 7.79. The number of ether oxygens (including phenoxy) is 1. The van der Waals surface area contributed by atoms with Crippen LogP contribution < -0.4 is 10.1 Å². The summed E-state index contributed by atoms with van der Waals surface area (Å²) in [6.45, 7) is 0.396. The summed E-state index contributed by atoms with van der Waals surface area (Å²) in [5, 5.41) is 2.65. The minimum absolute atomic E-state index is 0.133. The van der Waals surface area contributed by atoms with Gasteiger partial charge >= 0.3 is 6.18 Å². The van der Waals surface area contributed by atoms with E-state index in [4.69, 9.17) is 16.3 Å². The number of amides is 2. The van der Waals surface area contributed by atoms with E-state index in [-0.39, 0.29) is 28.5 Å². The van der Waals surface area contributed by atoms with E-state index in [9.17, 15) is 22.8 Å². The molecule has 0 unspecified atom stereocenters. The van der Waals surface area contributed by atoms with Crippen molar-refractivity contribution in [3.05, 3.63) is 82.5 Å². The predicted molar refractivity (Wildman–Crippen MR) is 141 cm³/mol. The molecule has 1 aromatic heterocycles. The molecule has 10 heteroatoms. The lowest BCUT2D eigenvalue weighted by Gasteiger charge is -2.31. The molecule has 2 aromatic carbocycles. The minimum atomic E-state index is -4.56. The molecule has 1 atom stereocenters. The van der Waals surface area contributed by atoms with E-state index < -0.39 is 17.8 Å². The second-order valence-corrected chi connectivity index (χ2v) is 10.4. The smallest absolute Gasteiger partial charge is 0.417 e. The average molecular weight is 558 g/mol. The SMILES string of the molecule is O=C(Nc1ccc(Oc2ncc(C(F)(F)F)cc2Cl)cc1)[C@H](CC1CCCCC1)N1Cc2ccccc2C1=O. The van der Waals surface area contributed by atoms with Gasteiger partial charge in [0, 0.05) is 24.0 Å². The van der Waals surface area contributed by atoms with Gasteiger partial charge in [0.25, 0.3) is 5.91 Å². The van der Waals surface area contributed by atoms with Crippen LogP contribution in [0.5, 0.6) is 11.6 Å². The van der Waals surface area contributed by atoms with E-state index in [0.717, 1.165) is 37.3 Å². The fourth-order valence-electron chi connectivity index (χ4n) is 5.24. The number of carbonyl (C=O) groups is 2. The van der Waals surface area contributed by atoms with E-state index >= 15 is 0 Å². The lowest BCUT2D eigenvalue weighted by atomic mass is 9.84. The molecule has 1 saturated carbocycles. The molecule has 0 spiro atoms. The van der Waals surface area contributed by atoms with Gasteiger partial charge in [0.05, 0.1) is 5.56 Å². The molecular formula is C29H27ClF3N3O3. The maximum atomic E-state index is 13.5. The quantitative estimate of drug-likeness (QED) is 0.327. The van der Waals surface area contributed by atoms with E-state index in [0.29, 0.717) is 36.3 Å². The maximum absolute atomic E-state index is 13.5. The molecule has 0 bridgehead atoms. The average Bonchev–Trinajstić information content (AvgIpc) is 3.25. The molecule has 2 aliphatic rings. The summed E-state index contributed by atoms with van der Waals surface area (Å²) < 4.78 is 44.1. The number of carbonyl (C=O) groups excluding carboxylic acids is 2. The molecule has 0 radical (unpaired) electrons. The molecule has 2 amide bonds. The lowest BCUT2D eigenvalue weighted by molar-refractivity contribution is -0.137. The number of anilines is 1.